The maximum atomic E-state index is 12.9. The van der Waals surface area contributed by atoms with Crippen LogP contribution in [0.2, 0.25) is 0 Å². The van der Waals surface area contributed by atoms with E-state index in [-0.39, 0.29) is 36.0 Å². The molecule has 1 aliphatic heterocycles. The van der Waals surface area contributed by atoms with Gasteiger partial charge in [-0.25, -0.2) is 16.8 Å². The van der Waals surface area contributed by atoms with Gasteiger partial charge in [-0.15, -0.1) is 0 Å². The molecular weight excluding hydrogens is 412 g/mol. The zero-order valence-corrected chi connectivity index (χ0v) is 18.5. The Morgan fingerprint density at radius 1 is 0.862 bits per heavy atom. The van der Waals surface area contributed by atoms with E-state index in [1.807, 2.05) is 19.1 Å². The second-order valence-corrected chi connectivity index (χ2v) is 11.0. The van der Waals surface area contributed by atoms with Gasteiger partial charge in [-0.2, -0.15) is 13.7 Å². The summed E-state index contributed by atoms with van der Waals surface area (Å²) in [6, 6.07) is 6.99. The third-order valence-electron chi connectivity index (χ3n) is 5.15. The number of aryl methyl sites for hydroxylation is 2. The molecule has 0 spiro atoms. The Morgan fingerprint density at radius 2 is 1.41 bits per heavy atom. The number of rotatable bonds is 8. The third kappa shape index (κ3) is 4.71. The highest BCUT2D eigenvalue weighted by atomic mass is 32.2. The van der Waals surface area contributed by atoms with E-state index in [0.29, 0.717) is 6.54 Å². The molecule has 1 fully saturated rings. The summed E-state index contributed by atoms with van der Waals surface area (Å²) in [5, 5.41) is 4.02. The summed E-state index contributed by atoms with van der Waals surface area (Å²) < 4.78 is 55.6. The van der Waals surface area contributed by atoms with Gasteiger partial charge in [-0.1, -0.05) is 25.5 Å². The molecule has 1 aliphatic rings. The van der Waals surface area contributed by atoms with Crippen molar-refractivity contribution in [2.24, 2.45) is 0 Å². The zero-order chi connectivity index (χ0) is 21.1. The minimum Gasteiger partial charge on any atom is -0.272 e. The van der Waals surface area contributed by atoms with Gasteiger partial charge in [0, 0.05) is 38.9 Å². The van der Waals surface area contributed by atoms with Crippen LogP contribution in [0.1, 0.15) is 32.3 Å². The summed E-state index contributed by atoms with van der Waals surface area (Å²) >= 11 is 0. The van der Waals surface area contributed by atoms with Crippen LogP contribution in [0.15, 0.2) is 46.5 Å². The molecule has 0 saturated carbocycles. The SMILES string of the molecule is CCCCc1ccc(S(=O)(=O)N2CCN(S(=O)(=O)c3cnn(CC)c3)CC2)cc1. The van der Waals surface area contributed by atoms with Crippen LogP contribution >= 0.6 is 0 Å². The number of hydrogen-bond donors (Lipinski definition) is 0. The molecule has 1 aromatic heterocycles. The fourth-order valence-electron chi connectivity index (χ4n) is 3.31. The molecule has 0 amide bonds. The van der Waals surface area contributed by atoms with Gasteiger partial charge < -0.3 is 0 Å². The van der Waals surface area contributed by atoms with Crippen LogP contribution in [0.3, 0.4) is 0 Å². The first-order valence-corrected chi connectivity index (χ1v) is 12.8. The van der Waals surface area contributed by atoms with Gasteiger partial charge in [0.05, 0.1) is 11.1 Å². The Morgan fingerprint density at radius 3 is 1.90 bits per heavy atom. The quantitative estimate of drug-likeness (QED) is 0.625. The Bertz CT molecular complexity index is 1020. The number of benzene rings is 1. The van der Waals surface area contributed by atoms with Crippen molar-refractivity contribution in [2.75, 3.05) is 26.2 Å². The Kier molecular flexibility index (Phi) is 6.77. The van der Waals surface area contributed by atoms with Crippen molar-refractivity contribution in [3.05, 3.63) is 42.2 Å². The largest absolute Gasteiger partial charge is 0.272 e. The number of sulfonamides is 2. The Labute approximate surface area is 173 Å². The molecule has 10 heteroatoms. The van der Waals surface area contributed by atoms with Crippen LogP contribution in [-0.4, -0.2) is 61.4 Å². The van der Waals surface area contributed by atoms with E-state index in [4.69, 9.17) is 0 Å². The van der Waals surface area contributed by atoms with E-state index in [1.165, 1.54) is 21.0 Å². The molecule has 160 valence electrons. The average Bonchev–Trinajstić information content (AvgIpc) is 3.23. The molecule has 2 aromatic rings. The molecule has 0 bridgehead atoms. The first kappa shape index (κ1) is 21.9. The van der Waals surface area contributed by atoms with Crippen LogP contribution in [0.25, 0.3) is 0 Å². The van der Waals surface area contributed by atoms with Crippen molar-refractivity contribution in [3.63, 3.8) is 0 Å². The Hall–Kier alpha value is -1.75. The molecule has 29 heavy (non-hydrogen) atoms. The topological polar surface area (TPSA) is 92.6 Å². The first-order valence-electron chi connectivity index (χ1n) is 9.90. The average molecular weight is 441 g/mol. The van der Waals surface area contributed by atoms with Gasteiger partial charge in [0.1, 0.15) is 4.90 Å². The van der Waals surface area contributed by atoms with Crippen molar-refractivity contribution in [1.82, 2.24) is 18.4 Å². The molecular formula is C19H28N4O4S2. The summed E-state index contributed by atoms with van der Waals surface area (Å²) in [7, 11) is -7.31. The van der Waals surface area contributed by atoms with E-state index in [2.05, 4.69) is 12.0 Å². The zero-order valence-electron chi connectivity index (χ0n) is 16.9. The lowest BCUT2D eigenvalue weighted by molar-refractivity contribution is 0.273. The summed E-state index contributed by atoms with van der Waals surface area (Å²) in [5.41, 5.74) is 1.12. The first-order chi connectivity index (χ1) is 13.8. The molecule has 0 unspecified atom stereocenters. The molecule has 8 nitrogen and oxygen atoms in total. The number of aromatic nitrogens is 2. The van der Waals surface area contributed by atoms with Crippen molar-refractivity contribution in [3.8, 4) is 0 Å². The standard InChI is InChI=1S/C19H28N4O4S2/c1-3-5-6-17-7-9-18(10-8-17)28(24,25)22-11-13-23(14-12-22)29(26,27)19-15-20-21(4-2)16-19/h7-10,15-16H,3-6,11-14H2,1-2H3. The smallest absolute Gasteiger partial charge is 0.246 e. The molecule has 3 rings (SSSR count). The van der Waals surface area contributed by atoms with Crippen molar-refractivity contribution in [1.29, 1.82) is 0 Å². The summed E-state index contributed by atoms with van der Waals surface area (Å²) in [6.07, 6.45) is 5.93. The number of hydrogen-bond acceptors (Lipinski definition) is 5. The van der Waals surface area contributed by atoms with Crippen LogP contribution < -0.4 is 0 Å². The fourth-order valence-corrected chi connectivity index (χ4v) is 6.11. The lowest BCUT2D eigenvalue weighted by atomic mass is 10.1. The molecule has 0 aliphatic carbocycles. The summed E-state index contributed by atoms with van der Waals surface area (Å²) in [6.45, 7) is 5.07. The number of piperazine rings is 1. The van der Waals surface area contributed by atoms with Gasteiger partial charge >= 0.3 is 0 Å². The molecule has 1 aromatic carbocycles. The van der Waals surface area contributed by atoms with E-state index < -0.39 is 20.0 Å². The van der Waals surface area contributed by atoms with E-state index in [0.717, 1.165) is 24.8 Å². The summed E-state index contributed by atoms with van der Waals surface area (Å²) in [4.78, 5) is 0.386. The minimum atomic E-state index is -3.67. The van der Waals surface area contributed by atoms with Crippen LogP contribution in [0.4, 0.5) is 0 Å². The van der Waals surface area contributed by atoms with Gasteiger partial charge in [-0.3, -0.25) is 4.68 Å². The monoisotopic (exact) mass is 440 g/mol. The second-order valence-electron chi connectivity index (χ2n) is 7.09. The minimum absolute atomic E-state index is 0.119. The van der Waals surface area contributed by atoms with Crippen LogP contribution in [-0.2, 0) is 33.0 Å². The molecule has 0 atom stereocenters. The van der Waals surface area contributed by atoms with E-state index >= 15 is 0 Å². The van der Waals surface area contributed by atoms with Gasteiger partial charge in [-0.05, 0) is 37.5 Å². The second kappa shape index (κ2) is 8.95. The third-order valence-corrected chi connectivity index (χ3v) is 8.91. The predicted molar refractivity (Wildman–Crippen MR) is 110 cm³/mol. The van der Waals surface area contributed by atoms with Crippen LogP contribution in [0.5, 0.6) is 0 Å². The predicted octanol–water partition coefficient (Wildman–Crippen LogP) is 1.94. The molecule has 2 heterocycles. The van der Waals surface area contributed by atoms with Crippen molar-refractivity contribution >= 4 is 20.0 Å². The Balaban J connectivity index is 1.67. The van der Waals surface area contributed by atoms with E-state index in [1.54, 1.807) is 16.8 Å². The molecule has 0 N–H and O–H groups in total. The van der Waals surface area contributed by atoms with Gasteiger partial charge in [0.25, 0.3) is 0 Å². The highest BCUT2D eigenvalue weighted by Gasteiger charge is 2.34. The van der Waals surface area contributed by atoms with E-state index in [9.17, 15) is 16.8 Å². The lowest BCUT2D eigenvalue weighted by Crippen LogP contribution is -2.50. The van der Waals surface area contributed by atoms with Crippen LogP contribution in [0, 0.1) is 0 Å². The maximum absolute atomic E-state index is 12.9. The lowest BCUT2D eigenvalue weighted by Gasteiger charge is -2.33. The molecule has 0 radical (unpaired) electrons. The summed E-state index contributed by atoms with van der Waals surface area (Å²) in [5.74, 6) is 0. The normalized spacial score (nSPS) is 16.9. The highest BCUT2D eigenvalue weighted by Crippen LogP contribution is 2.22. The van der Waals surface area contributed by atoms with Crippen molar-refractivity contribution < 1.29 is 16.8 Å². The highest BCUT2D eigenvalue weighted by molar-refractivity contribution is 7.89. The van der Waals surface area contributed by atoms with Crippen molar-refractivity contribution in [2.45, 2.75) is 49.4 Å². The fraction of sp³-hybridized carbons (Fsp3) is 0.526. The van der Waals surface area contributed by atoms with Gasteiger partial charge in [0.2, 0.25) is 20.0 Å². The van der Waals surface area contributed by atoms with Gasteiger partial charge in [0.15, 0.2) is 0 Å². The number of unbranched alkanes of at least 4 members (excludes halogenated alkanes) is 1. The molecule has 1 saturated heterocycles. The number of nitrogens with zero attached hydrogens (tertiary/aromatic N) is 4. The maximum Gasteiger partial charge on any atom is 0.246 e.